The summed E-state index contributed by atoms with van der Waals surface area (Å²) in [6.45, 7) is 2.08. The van der Waals surface area contributed by atoms with Crippen LogP contribution < -0.4 is 0 Å². The maximum atomic E-state index is 12.9. The van der Waals surface area contributed by atoms with Gasteiger partial charge in [-0.25, -0.2) is 8.42 Å². The van der Waals surface area contributed by atoms with Crippen molar-refractivity contribution >= 4 is 43.3 Å². The van der Waals surface area contributed by atoms with E-state index in [1.54, 1.807) is 13.0 Å². The number of thiophene rings is 1. The highest BCUT2D eigenvalue weighted by Crippen LogP contribution is 2.45. The first-order valence-electron chi connectivity index (χ1n) is 6.83. The van der Waals surface area contributed by atoms with E-state index in [-0.39, 0.29) is 16.7 Å². The summed E-state index contributed by atoms with van der Waals surface area (Å²) in [5.41, 5.74) is 0. The number of fused-ring (bicyclic) bond motifs is 1. The average molecular weight is 394 g/mol. The molecule has 1 aliphatic heterocycles. The molecule has 21 heavy (non-hydrogen) atoms. The third kappa shape index (κ3) is 2.46. The summed E-state index contributed by atoms with van der Waals surface area (Å²) >= 11 is 4.65. The van der Waals surface area contributed by atoms with Crippen molar-refractivity contribution in [2.75, 3.05) is 6.54 Å². The summed E-state index contributed by atoms with van der Waals surface area (Å²) in [4.78, 5) is 12.5. The van der Waals surface area contributed by atoms with Gasteiger partial charge in [0.1, 0.15) is 6.04 Å². The summed E-state index contributed by atoms with van der Waals surface area (Å²) in [6, 6.07) is 0.656. The zero-order valence-electron chi connectivity index (χ0n) is 11.5. The van der Waals surface area contributed by atoms with Gasteiger partial charge < -0.3 is 5.11 Å². The lowest BCUT2D eigenvalue weighted by molar-refractivity contribution is -0.142. The molecule has 5 nitrogen and oxygen atoms in total. The van der Waals surface area contributed by atoms with E-state index in [0.29, 0.717) is 11.4 Å². The van der Waals surface area contributed by atoms with Crippen LogP contribution in [-0.2, 0) is 14.8 Å². The van der Waals surface area contributed by atoms with Crippen LogP contribution >= 0.6 is 27.3 Å². The Kier molecular flexibility index (Phi) is 3.92. The van der Waals surface area contributed by atoms with E-state index in [2.05, 4.69) is 15.9 Å². The number of carboxylic acid groups (broad SMARTS) is 1. The second-order valence-electron chi connectivity index (χ2n) is 5.68. The minimum atomic E-state index is -3.75. The van der Waals surface area contributed by atoms with Gasteiger partial charge >= 0.3 is 5.97 Å². The predicted octanol–water partition coefficient (Wildman–Crippen LogP) is 2.69. The Hall–Kier alpha value is -0.440. The Morgan fingerprint density at radius 3 is 2.76 bits per heavy atom. The monoisotopic (exact) mass is 393 g/mol. The van der Waals surface area contributed by atoms with Crippen molar-refractivity contribution in [2.45, 2.75) is 37.1 Å². The molecule has 8 heteroatoms. The molecule has 2 aliphatic rings. The van der Waals surface area contributed by atoms with E-state index in [4.69, 9.17) is 0 Å². The van der Waals surface area contributed by atoms with Gasteiger partial charge in [0.15, 0.2) is 0 Å². The second-order valence-corrected chi connectivity index (χ2v) is 10.2. The van der Waals surface area contributed by atoms with Crippen molar-refractivity contribution in [3.8, 4) is 0 Å². The Balaban J connectivity index is 2.02. The second kappa shape index (κ2) is 5.33. The highest BCUT2D eigenvalue weighted by Gasteiger charge is 2.52. The molecule has 1 N–H and O–H groups in total. The van der Waals surface area contributed by atoms with Gasteiger partial charge in [-0.2, -0.15) is 4.31 Å². The lowest BCUT2D eigenvalue weighted by atomic mass is 9.94. The Morgan fingerprint density at radius 2 is 2.19 bits per heavy atom. The number of hydrogen-bond acceptors (Lipinski definition) is 4. The van der Waals surface area contributed by atoms with Gasteiger partial charge in [-0.1, -0.05) is 6.42 Å². The molecule has 3 atom stereocenters. The summed E-state index contributed by atoms with van der Waals surface area (Å²) in [5.74, 6) is -0.886. The van der Waals surface area contributed by atoms with Gasteiger partial charge in [0.25, 0.3) is 0 Å². The van der Waals surface area contributed by atoms with Crippen LogP contribution in [0.3, 0.4) is 0 Å². The molecule has 0 spiro atoms. The molecule has 1 saturated carbocycles. The van der Waals surface area contributed by atoms with Crippen LogP contribution in [0.25, 0.3) is 0 Å². The number of aliphatic carboxylic acids is 1. The number of nitrogens with zero attached hydrogens (tertiary/aromatic N) is 1. The van der Waals surface area contributed by atoms with Crippen molar-refractivity contribution in [3.05, 3.63) is 14.7 Å². The van der Waals surface area contributed by atoms with Gasteiger partial charge in [0, 0.05) is 11.4 Å². The minimum Gasteiger partial charge on any atom is -0.480 e. The van der Waals surface area contributed by atoms with Gasteiger partial charge in [-0.05, 0) is 53.6 Å². The molecular formula is C13H16BrNO4S2. The maximum Gasteiger partial charge on any atom is 0.322 e. The van der Waals surface area contributed by atoms with Gasteiger partial charge in [0.2, 0.25) is 10.0 Å². The molecule has 3 rings (SSSR count). The standard InChI is InChI=1S/C13H16BrNO4S2/c1-7-10(5-11(14)20-7)21(18,19)15-6-8-3-2-4-9(8)12(15)13(16)17/h5,8-9,12H,2-4,6H2,1H3,(H,16,17). The summed E-state index contributed by atoms with van der Waals surface area (Å²) < 4.78 is 27.7. The van der Waals surface area contributed by atoms with E-state index < -0.39 is 22.0 Å². The van der Waals surface area contributed by atoms with Crippen molar-refractivity contribution < 1.29 is 18.3 Å². The van der Waals surface area contributed by atoms with Gasteiger partial charge in [-0.3, -0.25) is 4.79 Å². The van der Waals surface area contributed by atoms with E-state index >= 15 is 0 Å². The molecule has 0 radical (unpaired) electrons. The Morgan fingerprint density at radius 1 is 1.48 bits per heavy atom. The highest BCUT2D eigenvalue weighted by atomic mass is 79.9. The summed E-state index contributed by atoms with van der Waals surface area (Å²) in [5, 5.41) is 9.50. The molecule has 1 aromatic rings. The summed E-state index contributed by atoms with van der Waals surface area (Å²) in [6.07, 6.45) is 2.72. The number of rotatable bonds is 3. The van der Waals surface area contributed by atoms with Crippen LogP contribution in [0.4, 0.5) is 0 Å². The molecule has 1 saturated heterocycles. The smallest absolute Gasteiger partial charge is 0.322 e. The van der Waals surface area contributed by atoms with Crippen LogP contribution in [0, 0.1) is 18.8 Å². The van der Waals surface area contributed by atoms with Gasteiger partial charge in [0.05, 0.1) is 8.68 Å². The topological polar surface area (TPSA) is 74.7 Å². The number of sulfonamides is 1. The quantitative estimate of drug-likeness (QED) is 0.856. The fourth-order valence-electron chi connectivity index (χ4n) is 3.63. The normalized spacial score (nSPS) is 29.7. The molecule has 0 bridgehead atoms. The Bertz CT molecular complexity index is 684. The number of hydrogen-bond donors (Lipinski definition) is 1. The molecule has 0 aromatic carbocycles. The molecule has 2 fully saturated rings. The van der Waals surface area contributed by atoms with E-state index in [0.717, 1.165) is 23.0 Å². The number of halogens is 1. The average Bonchev–Trinajstić information content (AvgIpc) is 3.01. The van der Waals surface area contributed by atoms with Crippen molar-refractivity contribution in [1.82, 2.24) is 4.31 Å². The molecule has 1 aromatic heterocycles. The van der Waals surface area contributed by atoms with Gasteiger partial charge in [-0.15, -0.1) is 11.3 Å². The molecular weight excluding hydrogens is 378 g/mol. The first kappa shape index (κ1) is 15.5. The van der Waals surface area contributed by atoms with Crippen LogP contribution in [-0.4, -0.2) is 36.4 Å². The molecule has 1 aliphatic carbocycles. The van der Waals surface area contributed by atoms with Crippen LogP contribution in [0.1, 0.15) is 24.1 Å². The van der Waals surface area contributed by atoms with E-state index in [9.17, 15) is 18.3 Å². The third-order valence-corrected chi connectivity index (χ3v) is 8.19. The van der Waals surface area contributed by atoms with E-state index in [1.807, 2.05) is 0 Å². The van der Waals surface area contributed by atoms with E-state index in [1.165, 1.54) is 15.6 Å². The maximum absolute atomic E-state index is 12.9. The largest absolute Gasteiger partial charge is 0.480 e. The zero-order chi connectivity index (χ0) is 15.4. The first-order valence-corrected chi connectivity index (χ1v) is 9.88. The SMILES string of the molecule is Cc1sc(Br)cc1S(=O)(=O)N1CC2CCCC2C1C(=O)O. The van der Waals surface area contributed by atoms with Crippen LogP contribution in [0.15, 0.2) is 14.7 Å². The van der Waals surface area contributed by atoms with Crippen LogP contribution in [0.5, 0.6) is 0 Å². The molecule has 2 heterocycles. The van der Waals surface area contributed by atoms with Crippen molar-refractivity contribution in [1.29, 1.82) is 0 Å². The van der Waals surface area contributed by atoms with Crippen LogP contribution in [0.2, 0.25) is 0 Å². The lowest BCUT2D eigenvalue weighted by Gasteiger charge is -2.23. The third-order valence-electron chi connectivity index (χ3n) is 4.53. The van der Waals surface area contributed by atoms with Crippen molar-refractivity contribution in [2.24, 2.45) is 11.8 Å². The minimum absolute atomic E-state index is 0.0420. The Labute approximate surface area is 136 Å². The first-order chi connectivity index (χ1) is 9.82. The number of aryl methyl sites for hydroxylation is 1. The molecule has 0 amide bonds. The molecule has 3 unspecified atom stereocenters. The fraction of sp³-hybridized carbons (Fsp3) is 0.615. The van der Waals surface area contributed by atoms with Crippen molar-refractivity contribution in [3.63, 3.8) is 0 Å². The molecule has 116 valence electrons. The lowest BCUT2D eigenvalue weighted by Crippen LogP contribution is -2.43. The summed E-state index contributed by atoms with van der Waals surface area (Å²) in [7, 11) is -3.75. The fourth-order valence-corrected chi connectivity index (χ4v) is 7.70. The zero-order valence-corrected chi connectivity index (χ0v) is 14.7. The predicted molar refractivity (Wildman–Crippen MR) is 82.9 cm³/mol. The highest BCUT2D eigenvalue weighted by molar-refractivity contribution is 9.11. The number of carbonyl (C=O) groups is 1. The number of carboxylic acids is 1.